The Morgan fingerprint density at radius 2 is 2.27 bits per heavy atom. The summed E-state index contributed by atoms with van der Waals surface area (Å²) in [6.45, 7) is 4.42. The first-order chi connectivity index (χ1) is 7.24. The van der Waals surface area contributed by atoms with Crippen molar-refractivity contribution in [3.05, 3.63) is 34.6 Å². The van der Waals surface area contributed by atoms with E-state index in [1.54, 1.807) is 10.6 Å². The van der Waals surface area contributed by atoms with Crippen molar-refractivity contribution in [1.82, 2.24) is 14.8 Å². The topological polar surface area (TPSA) is 60.9 Å². The molecule has 0 radical (unpaired) electrons. The second-order valence-corrected chi connectivity index (χ2v) is 3.16. The molecule has 0 saturated heterocycles. The lowest BCUT2D eigenvalue weighted by Crippen LogP contribution is -2.20. The molecule has 0 saturated carbocycles. The van der Waals surface area contributed by atoms with Gasteiger partial charge in [0.05, 0.1) is 5.56 Å². The summed E-state index contributed by atoms with van der Waals surface area (Å²) in [6.07, 6.45) is 1.27. The van der Waals surface area contributed by atoms with Crippen molar-refractivity contribution in [1.29, 1.82) is 0 Å². The van der Waals surface area contributed by atoms with Gasteiger partial charge < -0.3 is 8.98 Å². The molecule has 0 spiro atoms. The molecule has 0 aromatic carbocycles. The highest BCUT2D eigenvalue weighted by Gasteiger charge is 2.10. The predicted octanol–water partition coefficient (Wildman–Crippen LogP) is 1.23. The molecule has 0 aliphatic carbocycles. The smallest absolute Gasteiger partial charge is 0.250 e. The molecule has 2 heterocycles. The average Bonchev–Trinajstić information content (AvgIpc) is 2.71. The minimum Gasteiger partial charge on any atom is -0.423 e. The van der Waals surface area contributed by atoms with Crippen molar-refractivity contribution in [3.8, 4) is 11.5 Å². The molecule has 0 aliphatic rings. The Hall–Kier alpha value is -1.91. The first-order valence-electron chi connectivity index (χ1n) is 4.71. The summed E-state index contributed by atoms with van der Waals surface area (Å²) in [5.74, 6) is 0.440. The van der Waals surface area contributed by atoms with Gasteiger partial charge in [-0.3, -0.25) is 4.79 Å². The zero-order valence-electron chi connectivity index (χ0n) is 8.60. The van der Waals surface area contributed by atoms with Gasteiger partial charge in [-0.05, 0) is 19.9 Å². The fourth-order valence-corrected chi connectivity index (χ4v) is 1.59. The summed E-state index contributed by atoms with van der Waals surface area (Å²) in [7, 11) is 0. The standard InChI is InChI=1S/C10H11N3O2/c1-3-13-7(2)8(4-5-9(13)14)10-12-11-6-15-10/h4-6H,3H2,1-2H3. The molecule has 2 rings (SSSR count). The van der Waals surface area contributed by atoms with Crippen LogP contribution in [-0.4, -0.2) is 14.8 Å². The molecule has 2 aromatic heterocycles. The number of aromatic nitrogens is 3. The zero-order valence-corrected chi connectivity index (χ0v) is 8.60. The first-order valence-corrected chi connectivity index (χ1v) is 4.71. The van der Waals surface area contributed by atoms with E-state index < -0.39 is 0 Å². The van der Waals surface area contributed by atoms with Crippen molar-refractivity contribution < 1.29 is 4.42 Å². The van der Waals surface area contributed by atoms with Crippen LogP contribution < -0.4 is 5.56 Å². The van der Waals surface area contributed by atoms with Crippen LogP contribution in [0.5, 0.6) is 0 Å². The van der Waals surface area contributed by atoms with Gasteiger partial charge in [0.25, 0.3) is 5.56 Å². The predicted molar refractivity (Wildman–Crippen MR) is 54.4 cm³/mol. The lowest BCUT2D eigenvalue weighted by Gasteiger charge is -2.08. The molecule has 0 fully saturated rings. The molecular formula is C10H11N3O2. The van der Waals surface area contributed by atoms with E-state index in [4.69, 9.17) is 4.42 Å². The van der Waals surface area contributed by atoms with Crippen LogP contribution in [0.3, 0.4) is 0 Å². The van der Waals surface area contributed by atoms with E-state index in [0.717, 1.165) is 11.3 Å². The first kappa shape index (κ1) is 9.64. The van der Waals surface area contributed by atoms with Crippen LogP contribution in [0.15, 0.2) is 27.7 Å². The number of rotatable bonds is 2. The largest absolute Gasteiger partial charge is 0.423 e. The zero-order chi connectivity index (χ0) is 10.8. The van der Waals surface area contributed by atoms with Gasteiger partial charge in [-0.1, -0.05) is 0 Å². The minimum atomic E-state index is -0.0155. The molecular weight excluding hydrogens is 194 g/mol. The van der Waals surface area contributed by atoms with E-state index in [1.807, 2.05) is 13.8 Å². The second-order valence-electron chi connectivity index (χ2n) is 3.16. The third-order valence-electron chi connectivity index (χ3n) is 2.36. The summed E-state index contributed by atoms with van der Waals surface area (Å²) < 4.78 is 6.77. The molecule has 5 nitrogen and oxygen atoms in total. The highest BCUT2D eigenvalue weighted by atomic mass is 16.4. The molecule has 0 bridgehead atoms. The van der Waals surface area contributed by atoms with Crippen molar-refractivity contribution in [2.45, 2.75) is 20.4 Å². The Balaban J connectivity index is 2.65. The second kappa shape index (κ2) is 3.68. The lowest BCUT2D eigenvalue weighted by molar-refractivity contribution is 0.566. The summed E-state index contributed by atoms with van der Waals surface area (Å²) >= 11 is 0. The summed E-state index contributed by atoms with van der Waals surface area (Å²) in [5.41, 5.74) is 1.63. The van der Waals surface area contributed by atoms with Crippen LogP contribution in [-0.2, 0) is 6.54 Å². The number of hydrogen-bond donors (Lipinski definition) is 0. The van der Waals surface area contributed by atoms with Crippen LogP contribution >= 0.6 is 0 Å². The van der Waals surface area contributed by atoms with Gasteiger partial charge in [-0.15, -0.1) is 10.2 Å². The molecule has 0 unspecified atom stereocenters. The van der Waals surface area contributed by atoms with E-state index in [1.165, 1.54) is 12.5 Å². The van der Waals surface area contributed by atoms with Gasteiger partial charge in [0, 0.05) is 18.3 Å². The maximum absolute atomic E-state index is 11.5. The van der Waals surface area contributed by atoms with E-state index in [0.29, 0.717) is 12.4 Å². The van der Waals surface area contributed by atoms with Crippen molar-refractivity contribution in [3.63, 3.8) is 0 Å². The Morgan fingerprint density at radius 1 is 1.47 bits per heavy atom. The molecule has 15 heavy (non-hydrogen) atoms. The molecule has 2 aromatic rings. The molecule has 0 amide bonds. The van der Waals surface area contributed by atoms with Crippen LogP contribution in [0, 0.1) is 6.92 Å². The van der Waals surface area contributed by atoms with Crippen molar-refractivity contribution >= 4 is 0 Å². The SMILES string of the molecule is CCn1c(C)c(-c2nnco2)ccc1=O. The average molecular weight is 205 g/mol. The van der Waals surface area contributed by atoms with E-state index in [2.05, 4.69) is 10.2 Å². The maximum atomic E-state index is 11.5. The van der Waals surface area contributed by atoms with Gasteiger partial charge in [-0.2, -0.15) is 0 Å². The molecule has 0 N–H and O–H groups in total. The van der Waals surface area contributed by atoms with Gasteiger partial charge in [0.15, 0.2) is 0 Å². The minimum absolute atomic E-state index is 0.0155. The van der Waals surface area contributed by atoms with Crippen LogP contribution in [0.4, 0.5) is 0 Å². The summed E-state index contributed by atoms with van der Waals surface area (Å²) in [4.78, 5) is 11.5. The monoisotopic (exact) mass is 205 g/mol. The highest BCUT2D eigenvalue weighted by molar-refractivity contribution is 5.55. The van der Waals surface area contributed by atoms with E-state index in [-0.39, 0.29) is 5.56 Å². The van der Waals surface area contributed by atoms with Gasteiger partial charge in [0.2, 0.25) is 12.3 Å². The molecule has 78 valence electrons. The lowest BCUT2D eigenvalue weighted by atomic mass is 10.2. The number of pyridine rings is 1. The van der Waals surface area contributed by atoms with Crippen LogP contribution in [0.1, 0.15) is 12.6 Å². The quantitative estimate of drug-likeness (QED) is 0.739. The van der Waals surface area contributed by atoms with Crippen molar-refractivity contribution in [2.24, 2.45) is 0 Å². The maximum Gasteiger partial charge on any atom is 0.250 e. The Bertz CT molecular complexity index is 514. The van der Waals surface area contributed by atoms with Gasteiger partial charge in [0.1, 0.15) is 0 Å². The Labute approximate surface area is 86.4 Å². The normalized spacial score (nSPS) is 10.5. The Kier molecular flexibility index (Phi) is 2.37. The van der Waals surface area contributed by atoms with Crippen molar-refractivity contribution in [2.75, 3.05) is 0 Å². The molecule has 0 aliphatic heterocycles. The van der Waals surface area contributed by atoms with Gasteiger partial charge >= 0.3 is 0 Å². The highest BCUT2D eigenvalue weighted by Crippen LogP contribution is 2.18. The van der Waals surface area contributed by atoms with Crippen LogP contribution in [0.2, 0.25) is 0 Å². The third-order valence-corrected chi connectivity index (χ3v) is 2.36. The Morgan fingerprint density at radius 3 is 2.87 bits per heavy atom. The van der Waals surface area contributed by atoms with E-state index in [9.17, 15) is 4.79 Å². The third kappa shape index (κ3) is 1.56. The molecule has 0 atom stereocenters. The fraction of sp³-hybridized carbons (Fsp3) is 0.300. The number of nitrogens with zero attached hydrogens (tertiary/aromatic N) is 3. The van der Waals surface area contributed by atoms with E-state index >= 15 is 0 Å². The fourth-order valence-electron chi connectivity index (χ4n) is 1.59. The molecule has 5 heteroatoms. The number of hydrogen-bond acceptors (Lipinski definition) is 4. The van der Waals surface area contributed by atoms with Crippen LogP contribution in [0.25, 0.3) is 11.5 Å². The summed E-state index contributed by atoms with van der Waals surface area (Å²) in [6, 6.07) is 3.22. The summed E-state index contributed by atoms with van der Waals surface area (Å²) in [5, 5.41) is 7.43. The van der Waals surface area contributed by atoms with Gasteiger partial charge in [-0.25, -0.2) is 0 Å².